The summed E-state index contributed by atoms with van der Waals surface area (Å²) in [5.74, 6) is 0.424. The molecule has 0 radical (unpaired) electrons. The molecule has 0 aliphatic carbocycles. The van der Waals surface area contributed by atoms with E-state index < -0.39 is 0 Å². The highest BCUT2D eigenvalue weighted by Gasteiger charge is 2.06. The highest BCUT2D eigenvalue weighted by atomic mass is 127. The molecule has 1 heterocycles. The number of carbonyl (C=O) groups is 1. The summed E-state index contributed by atoms with van der Waals surface area (Å²) in [7, 11) is 0. The van der Waals surface area contributed by atoms with Crippen molar-refractivity contribution in [1.29, 1.82) is 0 Å². The van der Waals surface area contributed by atoms with Gasteiger partial charge in [-0.1, -0.05) is 12.1 Å². The molecule has 1 aromatic heterocycles. The fourth-order valence-electron chi connectivity index (χ4n) is 3.22. The van der Waals surface area contributed by atoms with E-state index in [0.29, 0.717) is 25.2 Å². The van der Waals surface area contributed by atoms with E-state index in [-0.39, 0.29) is 35.7 Å². The second-order valence-electron chi connectivity index (χ2n) is 6.93. The lowest BCUT2D eigenvalue weighted by atomic mass is 10.1. The zero-order valence-electron chi connectivity index (χ0n) is 17.8. The third-order valence-electron chi connectivity index (χ3n) is 4.73. The number of aromatic nitrogens is 1. The lowest BCUT2D eigenvalue weighted by Gasteiger charge is -2.11. The number of halogens is 2. The van der Waals surface area contributed by atoms with Crippen LogP contribution in [0.1, 0.15) is 35.3 Å². The highest BCUT2D eigenvalue weighted by molar-refractivity contribution is 14.0. The topological polar surface area (TPSA) is 81.3 Å². The number of H-pyrrole nitrogens is 1. The van der Waals surface area contributed by atoms with Crippen molar-refractivity contribution in [3.63, 3.8) is 0 Å². The Morgan fingerprint density at radius 1 is 1.03 bits per heavy atom. The van der Waals surface area contributed by atoms with Crippen molar-refractivity contribution >= 4 is 46.7 Å². The smallest absolute Gasteiger partial charge is 0.251 e. The number of amides is 1. The Morgan fingerprint density at radius 3 is 2.48 bits per heavy atom. The van der Waals surface area contributed by atoms with Crippen LogP contribution in [0.4, 0.5) is 4.39 Å². The number of benzene rings is 2. The van der Waals surface area contributed by atoms with Crippen molar-refractivity contribution in [2.75, 3.05) is 19.6 Å². The molecule has 2 aromatic carbocycles. The van der Waals surface area contributed by atoms with Crippen LogP contribution in [0.3, 0.4) is 0 Å². The maximum Gasteiger partial charge on any atom is 0.251 e. The summed E-state index contributed by atoms with van der Waals surface area (Å²) in [5, 5.41) is 10.4. The second kappa shape index (κ2) is 12.3. The molecule has 0 unspecified atom stereocenters. The summed E-state index contributed by atoms with van der Waals surface area (Å²) >= 11 is 0. The lowest BCUT2D eigenvalue weighted by Crippen LogP contribution is -2.38. The Balaban J connectivity index is 0.00000341. The van der Waals surface area contributed by atoms with E-state index in [4.69, 9.17) is 0 Å². The predicted molar refractivity (Wildman–Crippen MR) is 135 cm³/mol. The maximum atomic E-state index is 13.3. The van der Waals surface area contributed by atoms with E-state index >= 15 is 0 Å². The molecule has 0 saturated heterocycles. The molecule has 3 rings (SSSR count). The number of aliphatic imine (C=N–C) groups is 1. The maximum absolute atomic E-state index is 13.3. The molecule has 8 heteroatoms. The lowest BCUT2D eigenvalue weighted by molar-refractivity contribution is 0.0956. The first kappa shape index (κ1) is 24.6. The van der Waals surface area contributed by atoms with E-state index in [1.807, 2.05) is 44.3 Å². The predicted octanol–water partition coefficient (Wildman–Crippen LogP) is 3.97. The molecule has 3 aromatic rings. The minimum absolute atomic E-state index is 0. The number of hydrogen-bond donors (Lipinski definition) is 4. The third kappa shape index (κ3) is 6.95. The molecular formula is C23H29FIN5O. The molecule has 1 amide bonds. The van der Waals surface area contributed by atoms with Gasteiger partial charge >= 0.3 is 0 Å². The third-order valence-corrected chi connectivity index (χ3v) is 4.73. The number of nitrogens with zero attached hydrogens (tertiary/aromatic N) is 1. The van der Waals surface area contributed by atoms with Gasteiger partial charge < -0.3 is 20.9 Å². The minimum Gasteiger partial charge on any atom is -0.361 e. The van der Waals surface area contributed by atoms with Gasteiger partial charge in [0.2, 0.25) is 0 Å². The quantitative estimate of drug-likeness (QED) is 0.200. The highest BCUT2D eigenvalue weighted by Crippen LogP contribution is 2.19. The molecule has 166 valence electrons. The van der Waals surface area contributed by atoms with Gasteiger partial charge in [0, 0.05) is 42.3 Å². The molecule has 0 aliphatic heterocycles. The van der Waals surface area contributed by atoms with Gasteiger partial charge in [-0.05, 0) is 61.7 Å². The van der Waals surface area contributed by atoms with E-state index in [1.54, 1.807) is 6.07 Å². The summed E-state index contributed by atoms with van der Waals surface area (Å²) in [6.07, 6.45) is 2.71. The summed E-state index contributed by atoms with van der Waals surface area (Å²) in [6.45, 7) is 6.50. The molecule has 0 spiro atoms. The van der Waals surface area contributed by atoms with E-state index in [1.165, 1.54) is 12.1 Å². The fraction of sp³-hybridized carbons (Fsp3) is 0.304. The van der Waals surface area contributed by atoms with Gasteiger partial charge in [-0.2, -0.15) is 0 Å². The summed E-state index contributed by atoms with van der Waals surface area (Å²) in [6, 6.07) is 12.3. The molecule has 6 nitrogen and oxygen atoms in total. The number of fused-ring (bicyclic) bond motifs is 1. The van der Waals surface area contributed by atoms with E-state index in [0.717, 1.165) is 41.0 Å². The standard InChI is InChI=1S/C23H28FN5O.HI/c1-3-25-22(30)17-7-5-16(6-8-17)14-29-23(26-4-2)27-12-11-18-15-28-21-13-19(24)9-10-20(18)21;/h5-10,13,15,28H,3-4,11-12,14H2,1-2H3,(H,25,30)(H2,26,27,29);1H. The Bertz CT molecular complexity index is 1020. The number of guanidine groups is 1. The van der Waals surface area contributed by atoms with Crippen molar-refractivity contribution in [2.24, 2.45) is 4.99 Å². The summed E-state index contributed by atoms with van der Waals surface area (Å²) in [5.41, 5.74) is 3.61. The van der Waals surface area contributed by atoms with Crippen LogP contribution in [-0.2, 0) is 13.0 Å². The Kier molecular flexibility index (Phi) is 9.77. The fourth-order valence-corrected chi connectivity index (χ4v) is 3.22. The average Bonchev–Trinajstić information content (AvgIpc) is 3.14. The molecule has 0 saturated carbocycles. The number of rotatable bonds is 8. The molecule has 0 fully saturated rings. The van der Waals surface area contributed by atoms with Gasteiger partial charge in [0.05, 0.1) is 6.54 Å². The van der Waals surface area contributed by atoms with Crippen LogP contribution in [-0.4, -0.2) is 36.5 Å². The first-order valence-corrected chi connectivity index (χ1v) is 10.3. The van der Waals surface area contributed by atoms with Crippen LogP contribution < -0.4 is 16.0 Å². The van der Waals surface area contributed by atoms with Crippen molar-refractivity contribution in [3.8, 4) is 0 Å². The van der Waals surface area contributed by atoms with Gasteiger partial charge in [0.25, 0.3) is 5.91 Å². The average molecular weight is 537 g/mol. The number of nitrogens with one attached hydrogen (secondary N) is 4. The molecule has 4 N–H and O–H groups in total. The van der Waals surface area contributed by atoms with Crippen molar-refractivity contribution in [3.05, 3.63) is 71.2 Å². The van der Waals surface area contributed by atoms with Gasteiger partial charge in [0.15, 0.2) is 5.96 Å². The van der Waals surface area contributed by atoms with Crippen LogP contribution >= 0.6 is 24.0 Å². The normalized spacial score (nSPS) is 11.1. The van der Waals surface area contributed by atoms with Crippen molar-refractivity contribution < 1.29 is 9.18 Å². The van der Waals surface area contributed by atoms with Gasteiger partial charge in [-0.3, -0.25) is 4.79 Å². The van der Waals surface area contributed by atoms with Crippen LogP contribution in [0.5, 0.6) is 0 Å². The molecular weight excluding hydrogens is 508 g/mol. The van der Waals surface area contributed by atoms with Crippen molar-refractivity contribution in [1.82, 2.24) is 20.9 Å². The zero-order chi connectivity index (χ0) is 21.3. The van der Waals surface area contributed by atoms with Crippen LogP contribution in [0.2, 0.25) is 0 Å². The van der Waals surface area contributed by atoms with Crippen LogP contribution in [0.15, 0.2) is 53.7 Å². The first-order chi connectivity index (χ1) is 14.6. The van der Waals surface area contributed by atoms with Crippen molar-refractivity contribution in [2.45, 2.75) is 26.8 Å². The zero-order valence-corrected chi connectivity index (χ0v) is 20.1. The monoisotopic (exact) mass is 537 g/mol. The number of hydrogen-bond acceptors (Lipinski definition) is 2. The molecule has 0 aliphatic rings. The van der Waals surface area contributed by atoms with E-state index in [9.17, 15) is 9.18 Å². The molecule has 0 bridgehead atoms. The molecule has 31 heavy (non-hydrogen) atoms. The Hall–Kier alpha value is -2.62. The largest absolute Gasteiger partial charge is 0.361 e. The van der Waals surface area contributed by atoms with Gasteiger partial charge in [-0.15, -0.1) is 24.0 Å². The van der Waals surface area contributed by atoms with Crippen LogP contribution in [0.25, 0.3) is 10.9 Å². The summed E-state index contributed by atoms with van der Waals surface area (Å²) in [4.78, 5) is 19.6. The van der Waals surface area contributed by atoms with E-state index in [2.05, 4.69) is 25.9 Å². The van der Waals surface area contributed by atoms with Crippen LogP contribution in [0, 0.1) is 5.82 Å². The van der Waals surface area contributed by atoms with Gasteiger partial charge in [0.1, 0.15) is 5.82 Å². The second-order valence-corrected chi connectivity index (χ2v) is 6.93. The SMILES string of the molecule is CCNC(=O)c1ccc(CN=C(NCC)NCCc2c[nH]c3cc(F)ccc23)cc1.I. The summed E-state index contributed by atoms with van der Waals surface area (Å²) < 4.78 is 13.3. The number of carbonyl (C=O) groups excluding carboxylic acids is 1. The Morgan fingerprint density at radius 2 is 1.77 bits per heavy atom. The minimum atomic E-state index is -0.241. The van der Waals surface area contributed by atoms with Gasteiger partial charge in [-0.25, -0.2) is 9.38 Å². The number of aromatic amines is 1. The first-order valence-electron chi connectivity index (χ1n) is 10.3. The molecule has 0 atom stereocenters. The Labute approximate surface area is 199 Å².